The minimum atomic E-state index is -1.35. The van der Waals surface area contributed by atoms with E-state index >= 15 is 0 Å². The maximum atomic E-state index is 13.8. The number of aliphatic hydroxyl groups is 1. The fraction of sp³-hybridized carbons (Fsp3) is 0.724. The van der Waals surface area contributed by atoms with Gasteiger partial charge in [-0.1, -0.05) is 39.8 Å². The summed E-state index contributed by atoms with van der Waals surface area (Å²) in [4.78, 5) is 51.2. The van der Waals surface area contributed by atoms with Crippen molar-refractivity contribution in [2.75, 3.05) is 0 Å². The Hall–Kier alpha value is -2.08. The number of Topliss-reactive ketones (excluding diaryl/α,β-unsaturated/α-hetero) is 3. The van der Waals surface area contributed by atoms with Crippen molar-refractivity contribution in [2.45, 2.75) is 91.6 Å². The van der Waals surface area contributed by atoms with Crippen molar-refractivity contribution in [3.05, 3.63) is 23.3 Å². The molecule has 0 aliphatic heterocycles. The highest BCUT2D eigenvalue weighted by Gasteiger charge is 2.67. The molecule has 0 spiro atoms. The lowest BCUT2D eigenvalue weighted by Crippen LogP contribution is -2.59. The number of carbonyl (C=O) groups is 4. The first-order valence-electron chi connectivity index (χ1n) is 13.2. The van der Waals surface area contributed by atoms with E-state index in [0.717, 1.165) is 6.42 Å². The van der Waals surface area contributed by atoms with Crippen LogP contribution in [-0.2, 0) is 19.2 Å². The highest BCUT2D eigenvalue weighted by molar-refractivity contribution is 6.12. The zero-order chi connectivity index (χ0) is 26.1. The zero-order valence-electron chi connectivity index (χ0n) is 21.8. The lowest BCUT2D eigenvalue weighted by molar-refractivity contribution is -0.144. The van der Waals surface area contributed by atoms with Crippen molar-refractivity contribution in [2.24, 2.45) is 40.4 Å². The number of carbonyl (C=O) groups excluding carboxylic acids is 3. The highest BCUT2D eigenvalue weighted by atomic mass is 16.4. The monoisotopic (exact) mass is 484 g/mol. The summed E-state index contributed by atoms with van der Waals surface area (Å²) in [5.41, 5.74) is -1.13. The Morgan fingerprint density at radius 2 is 1.77 bits per heavy atom. The van der Waals surface area contributed by atoms with Gasteiger partial charge in [0.2, 0.25) is 0 Å². The van der Waals surface area contributed by atoms with Crippen molar-refractivity contribution in [1.82, 2.24) is 0 Å². The van der Waals surface area contributed by atoms with Crippen LogP contribution in [0.15, 0.2) is 23.3 Å². The topological polar surface area (TPSA) is 109 Å². The molecule has 0 aromatic rings. The molecule has 192 valence electrons. The second-order valence-electron chi connectivity index (χ2n) is 12.4. The second kappa shape index (κ2) is 8.50. The van der Waals surface area contributed by atoms with Gasteiger partial charge >= 0.3 is 5.97 Å². The van der Waals surface area contributed by atoms with E-state index in [2.05, 4.69) is 13.5 Å². The number of carboxylic acid groups (broad SMARTS) is 1. The van der Waals surface area contributed by atoms with Crippen LogP contribution in [0.1, 0.15) is 86.0 Å². The fourth-order valence-corrected chi connectivity index (χ4v) is 8.21. The molecule has 2 N–H and O–H groups in total. The second-order valence-corrected chi connectivity index (χ2v) is 12.4. The van der Waals surface area contributed by atoms with Crippen LogP contribution in [-0.4, -0.2) is 39.1 Å². The zero-order valence-corrected chi connectivity index (χ0v) is 21.8. The molecule has 0 radical (unpaired) electrons. The summed E-state index contributed by atoms with van der Waals surface area (Å²) in [6.07, 6.45) is 3.81. The number of hydrogen-bond acceptors (Lipinski definition) is 5. The number of aliphatic carboxylic acids is 1. The van der Waals surface area contributed by atoms with Crippen LogP contribution in [0.25, 0.3) is 0 Å². The Morgan fingerprint density at radius 3 is 2.40 bits per heavy atom. The Labute approximate surface area is 208 Å². The molecule has 0 aromatic carbocycles. The lowest BCUT2D eigenvalue weighted by Gasteiger charge is -2.56. The minimum absolute atomic E-state index is 0.0311. The van der Waals surface area contributed by atoms with Crippen molar-refractivity contribution in [1.29, 1.82) is 0 Å². The number of hydrogen-bond donors (Lipinski definition) is 2. The molecule has 0 heterocycles. The molecule has 0 amide bonds. The molecule has 4 aliphatic rings. The highest BCUT2D eigenvalue weighted by Crippen LogP contribution is 2.66. The van der Waals surface area contributed by atoms with Crippen molar-refractivity contribution in [3.8, 4) is 0 Å². The summed E-state index contributed by atoms with van der Waals surface area (Å²) in [6, 6.07) is 0. The van der Waals surface area contributed by atoms with Gasteiger partial charge in [-0.3, -0.25) is 19.2 Å². The summed E-state index contributed by atoms with van der Waals surface area (Å²) < 4.78 is 0. The van der Waals surface area contributed by atoms with E-state index < -0.39 is 28.3 Å². The average Bonchev–Trinajstić information content (AvgIpc) is 3.06. The SMILES string of the molecule is C=C(CC[C@@H](C)[C@H]1CC[C@@]2(O)C3=C(C(=O)C[C@]12C)[C@@]1(C)CCC(=O)C(C)C1CC3=O)C(C)C(=O)O. The molecular formula is C29H40O6. The van der Waals surface area contributed by atoms with E-state index in [1.165, 1.54) is 0 Å². The van der Waals surface area contributed by atoms with Crippen LogP contribution in [0.3, 0.4) is 0 Å². The standard InChI is InChI=1S/C29H40O6/c1-15(17(3)26(33)34)7-8-16(2)19-9-12-29(35)25-22(31)13-20-18(4)21(30)10-11-27(20,5)24(25)23(32)14-28(19,29)6/h16-20,35H,1,7-14H2,2-6H3,(H,33,34)/t16-,17?,18?,19-,20?,27+,28-,29-/m1/s1. The van der Waals surface area contributed by atoms with E-state index in [-0.39, 0.29) is 53.9 Å². The number of allylic oxidation sites excluding steroid dienone is 1. The predicted octanol–water partition coefficient (Wildman–Crippen LogP) is 4.69. The molecule has 4 aliphatic carbocycles. The Morgan fingerprint density at radius 1 is 1.11 bits per heavy atom. The number of fused-ring (bicyclic) bond motifs is 4. The fourth-order valence-electron chi connectivity index (χ4n) is 8.21. The summed E-state index contributed by atoms with van der Waals surface area (Å²) in [6.45, 7) is 13.6. The minimum Gasteiger partial charge on any atom is -0.481 e. The molecule has 0 aromatic heterocycles. The van der Waals surface area contributed by atoms with Crippen LogP contribution in [0.4, 0.5) is 0 Å². The Balaban J connectivity index is 1.67. The van der Waals surface area contributed by atoms with Crippen LogP contribution < -0.4 is 0 Å². The molecule has 4 rings (SSSR count). The molecule has 2 saturated carbocycles. The lowest BCUT2D eigenvalue weighted by atomic mass is 9.47. The van der Waals surface area contributed by atoms with E-state index in [1.807, 2.05) is 20.8 Å². The quantitative estimate of drug-likeness (QED) is 0.530. The van der Waals surface area contributed by atoms with Gasteiger partial charge in [-0.05, 0) is 56.8 Å². The third-order valence-corrected chi connectivity index (χ3v) is 10.7. The van der Waals surface area contributed by atoms with E-state index in [4.69, 9.17) is 0 Å². The Bertz CT molecular complexity index is 1040. The van der Waals surface area contributed by atoms with Crippen molar-refractivity contribution in [3.63, 3.8) is 0 Å². The normalized spacial score (nSPS) is 40.6. The molecule has 8 atom stereocenters. The first kappa shape index (κ1) is 26.0. The first-order chi connectivity index (χ1) is 16.2. The van der Waals surface area contributed by atoms with Gasteiger partial charge in [0.15, 0.2) is 11.6 Å². The molecule has 6 nitrogen and oxygen atoms in total. The van der Waals surface area contributed by atoms with E-state index in [1.54, 1.807) is 6.92 Å². The van der Waals surface area contributed by atoms with E-state index in [9.17, 15) is 29.4 Å². The summed E-state index contributed by atoms with van der Waals surface area (Å²) >= 11 is 0. The molecule has 2 fully saturated rings. The third kappa shape index (κ3) is 3.61. The van der Waals surface area contributed by atoms with Gasteiger partial charge in [-0.2, -0.15) is 0 Å². The van der Waals surface area contributed by atoms with Gasteiger partial charge in [0.05, 0.1) is 11.5 Å². The third-order valence-electron chi connectivity index (χ3n) is 10.7. The van der Waals surface area contributed by atoms with Crippen LogP contribution >= 0.6 is 0 Å². The summed E-state index contributed by atoms with van der Waals surface area (Å²) in [7, 11) is 0. The molecular weight excluding hydrogens is 444 g/mol. The van der Waals surface area contributed by atoms with Gasteiger partial charge in [-0.25, -0.2) is 0 Å². The van der Waals surface area contributed by atoms with Crippen molar-refractivity contribution < 1.29 is 29.4 Å². The van der Waals surface area contributed by atoms with Gasteiger partial charge < -0.3 is 10.2 Å². The predicted molar refractivity (Wildman–Crippen MR) is 131 cm³/mol. The van der Waals surface area contributed by atoms with E-state index in [0.29, 0.717) is 48.8 Å². The first-order valence-corrected chi connectivity index (χ1v) is 13.2. The largest absolute Gasteiger partial charge is 0.481 e. The van der Waals surface area contributed by atoms with Gasteiger partial charge in [-0.15, -0.1) is 0 Å². The van der Waals surface area contributed by atoms with Crippen LogP contribution in [0, 0.1) is 40.4 Å². The molecule has 35 heavy (non-hydrogen) atoms. The molecule has 3 unspecified atom stereocenters. The number of carboxylic acids is 1. The molecule has 0 bridgehead atoms. The maximum Gasteiger partial charge on any atom is 0.310 e. The molecule has 6 heteroatoms. The van der Waals surface area contributed by atoms with Gasteiger partial charge in [0, 0.05) is 47.2 Å². The van der Waals surface area contributed by atoms with Crippen LogP contribution in [0.5, 0.6) is 0 Å². The van der Waals surface area contributed by atoms with Crippen molar-refractivity contribution >= 4 is 23.3 Å². The summed E-state index contributed by atoms with van der Waals surface area (Å²) in [5.74, 6) is -1.83. The van der Waals surface area contributed by atoms with Crippen LogP contribution in [0.2, 0.25) is 0 Å². The number of rotatable bonds is 6. The smallest absolute Gasteiger partial charge is 0.310 e. The average molecular weight is 485 g/mol. The van der Waals surface area contributed by atoms with Gasteiger partial charge in [0.1, 0.15) is 5.78 Å². The van der Waals surface area contributed by atoms with Gasteiger partial charge in [0.25, 0.3) is 0 Å². The Kier molecular flexibility index (Phi) is 6.31. The maximum absolute atomic E-state index is 13.8. The number of ketones is 3. The molecule has 0 saturated heterocycles. The summed E-state index contributed by atoms with van der Waals surface area (Å²) in [5, 5.41) is 21.5.